The van der Waals surface area contributed by atoms with E-state index in [1.54, 1.807) is 11.8 Å². The molecule has 0 spiro atoms. The lowest BCUT2D eigenvalue weighted by atomic mass is 10.1. The number of para-hydroxylation sites is 1. The predicted molar refractivity (Wildman–Crippen MR) is 93.7 cm³/mol. The molecule has 0 saturated heterocycles. The monoisotopic (exact) mass is 330 g/mol. The number of methoxy groups -OCH3 is 1. The van der Waals surface area contributed by atoms with Crippen LogP contribution in [-0.4, -0.2) is 40.8 Å². The zero-order valence-electron chi connectivity index (χ0n) is 15.0. The molecule has 6 nitrogen and oxygen atoms in total. The number of carbonyl (C=O) groups is 1. The fourth-order valence-electron chi connectivity index (χ4n) is 2.61. The van der Waals surface area contributed by atoms with E-state index in [-0.39, 0.29) is 18.0 Å². The molecule has 24 heavy (non-hydrogen) atoms. The summed E-state index contributed by atoms with van der Waals surface area (Å²) in [5.41, 5.74) is 2.05. The minimum atomic E-state index is -0.248. The van der Waals surface area contributed by atoms with Crippen molar-refractivity contribution in [2.75, 3.05) is 14.2 Å². The van der Waals surface area contributed by atoms with Crippen LogP contribution in [0.4, 0.5) is 0 Å². The summed E-state index contributed by atoms with van der Waals surface area (Å²) < 4.78 is 7.13. The van der Waals surface area contributed by atoms with Crippen LogP contribution in [0.5, 0.6) is 5.75 Å². The van der Waals surface area contributed by atoms with E-state index < -0.39 is 0 Å². The summed E-state index contributed by atoms with van der Waals surface area (Å²) in [4.78, 5) is 14.6. The summed E-state index contributed by atoms with van der Waals surface area (Å²) in [7, 11) is 5.46. The third kappa shape index (κ3) is 4.35. The molecular formula is C18H26N4O2. The Morgan fingerprint density at radius 1 is 1.38 bits per heavy atom. The van der Waals surface area contributed by atoms with Crippen LogP contribution in [-0.2, 0) is 18.4 Å². The molecule has 2 rings (SSSR count). The van der Waals surface area contributed by atoms with E-state index in [2.05, 4.69) is 10.4 Å². The highest BCUT2D eigenvalue weighted by atomic mass is 16.5. The average molecular weight is 330 g/mol. The van der Waals surface area contributed by atoms with Gasteiger partial charge in [0.25, 0.3) is 0 Å². The van der Waals surface area contributed by atoms with Gasteiger partial charge >= 0.3 is 0 Å². The van der Waals surface area contributed by atoms with Gasteiger partial charge in [-0.25, -0.2) is 0 Å². The van der Waals surface area contributed by atoms with Crippen molar-refractivity contribution in [1.29, 1.82) is 0 Å². The van der Waals surface area contributed by atoms with Crippen LogP contribution in [0.15, 0.2) is 36.7 Å². The van der Waals surface area contributed by atoms with Gasteiger partial charge in [-0.3, -0.25) is 14.4 Å². The fourth-order valence-corrected chi connectivity index (χ4v) is 2.61. The summed E-state index contributed by atoms with van der Waals surface area (Å²) >= 11 is 0. The Balaban J connectivity index is 1.97. The van der Waals surface area contributed by atoms with Crippen LogP contribution < -0.4 is 10.1 Å². The molecule has 1 N–H and O–H groups in total. The first-order valence-corrected chi connectivity index (χ1v) is 8.03. The number of amides is 1. The van der Waals surface area contributed by atoms with Crippen molar-refractivity contribution in [1.82, 2.24) is 20.0 Å². The number of aryl methyl sites for hydroxylation is 1. The molecular weight excluding hydrogens is 304 g/mol. The van der Waals surface area contributed by atoms with Gasteiger partial charge in [0.1, 0.15) is 5.75 Å². The SMILES string of the molecule is COc1ccccc1C(C)NC(=O)C(C)N(C)Cc1cnn(C)c1. The molecule has 0 aliphatic carbocycles. The molecule has 0 fully saturated rings. The van der Waals surface area contributed by atoms with E-state index in [0.717, 1.165) is 16.9 Å². The summed E-state index contributed by atoms with van der Waals surface area (Å²) in [5, 5.41) is 7.22. The van der Waals surface area contributed by atoms with Crippen LogP contribution in [0.3, 0.4) is 0 Å². The van der Waals surface area contributed by atoms with Gasteiger partial charge in [-0.1, -0.05) is 18.2 Å². The maximum Gasteiger partial charge on any atom is 0.237 e. The van der Waals surface area contributed by atoms with Gasteiger partial charge in [-0.05, 0) is 27.0 Å². The molecule has 130 valence electrons. The summed E-state index contributed by atoms with van der Waals surface area (Å²) in [6, 6.07) is 7.36. The molecule has 1 amide bonds. The van der Waals surface area contributed by atoms with Crippen molar-refractivity contribution in [3.05, 3.63) is 47.8 Å². The summed E-state index contributed by atoms with van der Waals surface area (Å²) in [6.45, 7) is 4.54. The fraction of sp³-hybridized carbons (Fsp3) is 0.444. The number of likely N-dealkylation sites (N-methyl/N-ethyl adjacent to an activating group) is 1. The number of hydrogen-bond acceptors (Lipinski definition) is 4. The van der Waals surface area contributed by atoms with Crippen LogP contribution in [0.2, 0.25) is 0 Å². The zero-order valence-corrected chi connectivity index (χ0v) is 15.0. The highest BCUT2D eigenvalue weighted by molar-refractivity contribution is 5.81. The number of hydrogen-bond donors (Lipinski definition) is 1. The molecule has 2 aromatic rings. The predicted octanol–water partition coefficient (Wildman–Crippen LogP) is 2.13. The van der Waals surface area contributed by atoms with Gasteiger partial charge in [0.2, 0.25) is 5.91 Å². The number of nitrogens with zero attached hydrogens (tertiary/aromatic N) is 3. The molecule has 0 bridgehead atoms. The zero-order chi connectivity index (χ0) is 17.7. The van der Waals surface area contributed by atoms with Gasteiger partial charge in [0.05, 0.1) is 25.4 Å². The Kier molecular flexibility index (Phi) is 5.98. The van der Waals surface area contributed by atoms with E-state index in [1.807, 2.05) is 69.5 Å². The van der Waals surface area contributed by atoms with E-state index in [4.69, 9.17) is 4.74 Å². The van der Waals surface area contributed by atoms with Gasteiger partial charge < -0.3 is 10.1 Å². The molecule has 2 unspecified atom stereocenters. The largest absolute Gasteiger partial charge is 0.496 e. The molecule has 1 aromatic heterocycles. The van der Waals surface area contributed by atoms with E-state index in [0.29, 0.717) is 6.54 Å². The number of benzene rings is 1. The molecule has 0 saturated carbocycles. The second-order valence-corrected chi connectivity index (χ2v) is 6.09. The van der Waals surface area contributed by atoms with Crippen molar-refractivity contribution < 1.29 is 9.53 Å². The number of ether oxygens (including phenoxy) is 1. The molecule has 6 heteroatoms. The van der Waals surface area contributed by atoms with Crippen molar-refractivity contribution in [2.45, 2.75) is 32.5 Å². The smallest absolute Gasteiger partial charge is 0.237 e. The van der Waals surface area contributed by atoms with Gasteiger partial charge in [0, 0.05) is 30.9 Å². The number of rotatable bonds is 7. The first-order chi connectivity index (χ1) is 11.4. The van der Waals surface area contributed by atoms with Crippen LogP contribution in [0, 0.1) is 0 Å². The molecule has 1 aromatic carbocycles. The Hall–Kier alpha value is -2.34. The quantitative estimate of drug-likeness (QED) is 0.845. The van der Waals surface area contributed by atoms with E-state index in [9.17, 15) is 4.79 Å². The average Bonchev–Trinajstić information content (AvgIpc) is 2.98. The lowest BCUT2D eigenvalue weighted by Gasteiger charge is -2.25. The highest BCUT2D eigenvalue weighted by Crippen LogP contribution is 2.24. The maximum atomic E-state index is 12.5. The van der Waals surface area contributed by atoms with Crippen molar-refractivity contribution in [2.24, 2.45) is 7.05 Å². The Morgan fingerprint density at radius 2 is 2.08 bits per heavy atom. The number of nitrogens with one attached hydrogen (secondary N) is 1. The number of aromatic nitrogens is 2. The van der Waals surface area contributed by atoms with Crippen LogP contribution in [0.1, 0.15) is 31.0 Å². The maximum absolute atomic E-state index is 12.5. The number of carbonyl (C=O) groups excluding carboxylic acids is 1. The van der Waals surface area contributed by atoms with Gasteiger partial charge in [-0.2, -0.15) is 5.10 Å². The first-order valence-electron chi connectivity index (χ1n) is 8.03. The first kappa shape index (κ1) is 18.0. The molecule has 1 heterocycles. The van der Waals surface area contributed by atoms with Crippen LogP contribution >= 0.6 is 0 Å². The van der Waals surface area contributed by atoms with Crippen molar-refractivity contribution >= 4 is 5.91 Å². The molecule has 0 aliphatic heterocycles. The Bertz CT molecular complexity index is 683. The normalized spacial score (nSPS) is 13.6. The molecule has 0 radical (unpaired) electrons. The second kappa shape index (κ2) is 7.97. The second-order valence-electron chi connectivity index (χ2n) is 6.09. The minimum absolute atomic E-state index is 0.0141. The van der Waals surface area contributed by atoms with Crippen molar-refractivity contribution in [3.63, 3.8) is 0 Å². The van der Waals surface area contributed by atoms with Gasteiger partial charge in [0.15, 0.2) is 0 Å². The summed E-state index contributed by atoms with van der Waals surface area (Å²) in [6.07, 6.45) is 3.77. The van der Waals surface area contributed by atoms with E-state index >= 15 is 0 Å². The third-order valence-electron chi connectivity index (χ3n) is 4.20. The molecule has 0 aliphatic rings. The topological polar surface area (TPSA) is 59.4 Å². The lowest BCUT2D eigenvalue weighted by Crippen LogP contribution is -2.43. The highest BCUT2D eigenvalue weighted by Gasteiger charge is 2.21. The Morgan fingerprint density at radius 3 is 2.71 bits per heavy atom. The Labute approximate surface area is 143 Å². The van der Waals surface area contributed by atoms with Crippen molar-refractivity contribution in [3.8, 4) is 5.75 Å². The minimum Gasteiger partial charge on any atom is -0.496 e. The molecule has 2 atom stereocenters. The van der Waals surface area contributed by atoms with E-state index in [1.165, 1.54) is 0 Å². The van der Waals surface area contributed by atoms with Crippen LogP contribution in [0.25, 0.3) is 0 Å². The van der Waals surface area contributed by atoms with Gasteiger partial charge in [-0.15, -0.1) is 0 Å². The lowest BCUT2D eigenvalue weighted by molar-refractivity contribution is -0.126. The standard InChI is InChI=1S/C18H26N4O2/c1-13(16-8-6-7-9-17(16)24-5)20-18(23)14(2)21(3)11-15-10-19-22(4)12-15/h6-10,12-14H,11H2,1-5H3,(H,20,23). The summed E-state index contributed by atoms with van der Waals surface area (Å²) in [5.74, 6) is 0.765. The third-order valence-corrected chi connectivity index (χ3v) is 4.20.